The van der Waals surface area contributed by atoms with Crippen molar-refractivity contribution < 1.29 is 13.2 Å². The number of hydrogen-bond donors (Lipinski definition) is 1. The van der Waals surface area contributed by atoms with Crippen molar-refractivity contribution in [2.75, 3.05) is 44.3 Å². The second kappa shape index (κ2) is 5.88. The van der Waals surface area contributed by atoms with Crippen LogP contribution in [0.4, 0.5) is 5.82 Å². The number of hydrogen-bond acceptors (Lipinski definition) is 6. The third-order valence-electron chi connectivity index (χ3n) is 4.09. The second-order valence-electron chi connectivity index (χ2n) is 5.41. The maximum Gasteiger partial charge on any atom is 0.241 e. The van der Waals surface area contributed by atoms with Gasteiger partial charge in [0, 0.05) is 45.0 Å². The smallest absolute Gasteiger partial charge is 0.241 e. The minimum absolute atomic E-state index is 0.0997. The predicted octanol–water partition coefficient (Wildman–Crippen LogP) is -0.360. The monoisotopic (exact) mass is 312 g/mol. The molecule has 3 heterocycles. The third-order valence-corrected chi connectivity index (χ3v) is 5.02. The van der Waals surface area contributed by atoms with Gasteiger partial charge in [0.05, 0.1) is 6.61 Å². The summed E-state index contributed by atoms with van der Waals surface area (Å²) in [4.78, 5) is 8.71. The number of pyridine rings is 1. The van der Waals surface area contributed by atoms with Crippen molar-refractivity contribution in [1.82, 2.24) is 9.88 Å². The van der Waals surface area contributed by atoms with Crippen molar-refractivity contribution in [3.63, 3.8) is 0 Å². The molecule has 1 aromatic rings. The van der Waals surface area contributed by atoms with Crippen LogP contribution in [0.1, 0.15) is 6.42 Å². The highest BCUT2D eigenvalue weighted by molar-refractivity contribution is 7.89. The van der Waals surface area contributed by atoms with E-state index in [0.29, 0.717) is 11.9 Å². The van der Waals surface area contributed by atoms with Crippen LogP contribution in [0.5, 0.6) is 0 Å². The zero-order chi connectivity index (χ0) is 14.9. The highest BCUT2D eigenvalue weighted by Crippen LogP contribution is 2.23. The van der Waals surface area contributed by atoms with Gasteiger partial charge in [-0.15, -0.1) is 0 Å². The van der Waals surface area contributed by atoms with Gasteiger partial charge >= 0.3 is 0 Å². The predicted molar refractivity (Wildman–Crippen MR) is 78.6 cm³/mol. The minimum atomic E-state index is -3.75. The van der Waals surface area contributed by atoms with Crippen molar-refractivity contribution in [2.24, 2.45) is 5.14 Å². The summed E-state index contributed by atoms with van der Waals surface area (Å²) in [6, 6.07) is 3.60. The number of primary sulfonamides is 1. The van der Waals surface area contributed by atoms with Gasteiger partial charge in [0.15, 0.2) is 0 Å². The van der Waals surface area contributed by atoms with Crippen LogP contribution in [0, 0.1) is 0 Å². The molecule has 2 saturated heterocycles. The Hall–Kier alpha value is -1.22. The molecule has 0 spiro atoms. The number of aromatic nitrogens is 1. The van der Waals surface area contributed by atoms with Gasteiger partial charge in [0.25, 0.3) is 0 Å². The number of anilines is 1. The fourth-order valence-corrected chi connectivity index (χ4v) is 3.66. The van der Waals surface area contributed by atoms with Crippen molar-refractivity contribution in [3.05, 3.63) is 18.3 Å². The van der Waals surface area contributed by atoms with E-state index in [1.54, 1.807) is 12.3 Å². The average Bonchev–Trinajstić information content (AvgIpc) is 3.01. The number of rotatable bonds is 3. The first-order valence-corrected chi connectivity index (χ1v) is 8.65. The molecule has 2 fully saturated rings. The molecule has 21 heavy (non-hydrogen) atoms. The Morgan fingerprint density at radius 2 is 2.05 bits per heavy atom. The fourth-order valence-electron chi connectivity index (χ4n) is 2.95. The van der Waals surface area contributed by atoms with Crippen LogP contribution in [0.3, 0.4) is 0 Å². The molecule has 0 aliphatic carbocycles. The Balaban J connectivity index is 1.72. The Morgan fingerprint density at radius 3 is 2.67 bits per heavy atom. The van der Waals surface area contributed by atoms with E-state index in [-0.39, 0.29) is 4.90 Å². The molecule has 0 radical (unpaired) electrons. The SMILES string of the molecule is NS(=O)(=O)c1cccnc1N1CCN(C2CCOC2)CC1. The number of piperazine rings is 1. The zero-order valence-corrected chi connectivity index (χ0v) is 12.6. The van der Waals surface area contributed by atoms with Crippen molar-refractivity contribution in [2.45, 2.75) is 17.4 Å². The molecule has 0 aromatic carbocycles. The summed E-state index contributed by atoms with van der Waals surface area (Å²) in [6.07, 6.45) is 2.67. The molecule has 7 nitrogen and oxygen atoms in total. The summed E-state index contributed by atoms with van der Waals surface area (Å²) in [7, 11) is -3.75. The molecule has 8 heteroatoms. The van der Waals surface area contributed by atoms with Crippen molar-refractivity contribution in [3.8, 4) is 0 Å². The first-order chi connectivity index (χ1) is 10.1. The van der Waals surface area contributed by atoms with E-state index in [2.05, 4.69) is 9.88 Å². The number of sulfonamides is 1. The summed E-state index contributed by atoms with van der Waals surface area (Å²) >= 11 is 0. The van der Waals surface area contributed by atoms with Gasteiger partial charge in [-0.1, -0.05) is 0 Å². The zero-order valence-electron chi connectivity index (χ0n) is 11.8. The van der Waals surface area contributed by atoms with Crippen LogP contribution in [0.2, 0.25) is 0 Å². The van der Waals surface area contributed by atoms with Crippen LogP contribution < -0.4 is 10.0 Å². The third kappa shape index (κ3) is 3.18. The molecule has 1 atom stereocenters. The van der Waals surface area contributed by atoms with E-state index in [9.17, 15) is 8.42 Å². The van der Waals surface area contributed by atoms with E-state index >= 15 is 0 Å². The Bertz CT molecular complexity index is 593. The molecular weight excluding hydrogens is 292 g/mol. The summed E-state index contributed by atoms with van der Waals surface area (Å²) in [5.74, 6) is 0.460. The van der Waals surface area contributed by atoms with E-state index in [1.807, 2.05) is 4.90 Å². The summed E-state index contributed by atoms with van der Waals surface area (Å²) < 4.78 is 28.7. The van der Waals surface area contributed by atoms with Crippen molar-refractivity contribution in [1.29, 1.82) is 0 Å². The van der Waals surface area contributed by atoms with Gasteiger partial charge in [-0.25, -0.2) is 18.5 Å². The van der Waals surface area contributed by atoms with Gasteiger partial charge in [0.1, 0.15) is 10.7 Å². The lowest BCUT2D eigenvalue weighted by molar-refractivity contribution is 0.139. The number of nitrogens with two attached hydrogens (primary N) is 1. The van der Waals surface area contributed by atoms with Crippen LogP contribution in [-0.2, 0) is 14.8 Å². The normalized spacial score (nSPS) is 24.4. The van der Waals surface area contributed by atoms with Gasteiger partial charge in [-0.05, 0) is 18.6 Å². The number of ether oxygens (including phenoxy) is 1. The Labute approximate surface area is 124 Å². The van der Waals surface area contributed by atoms with Crippen molar-refractivity contribution >= 4 is 15.8 Å². The highest BCUT2D eigenvalue weighted by Gasteiger charge is 2.28. The molecule has 3 rings (SSSR count). The molecule has 2 N–H and O–H groups in total. The molecule has 1 aromatic heterocycles. The molecule has 0 amide bonds. The summed E-state index contributed by atoms with van der Waals surface area (Å²) in [5.41, 5.74) is 0. The lowest BCUT2D eigenvalue weighted by atomic mass is 10.2. The molecular formula is C13H20N4O3S. The fraction of sp³-hybridized carbons (Fsp3) is 0.615. The maximum absolute atomic E-state index is 11.7. The standard InChI is InChI=1S/C13H20N4O3S/c14-21(18,19)12-2-1-4-15-13(12)17-7-5-16(6-8-17)11-3-9-20-10-11/h1-2,4,11H,3,5-10H2,(H2,14,18,19). The summed E-state index contributed by atoms with van der Waals surface area (Å²) in [6.45, 7) is 4.89. The van der Waals surface area contributed by atoms with Crippen LogP contribution >= 0.6 is 0 Å². The first kappa shape index (κ1) is 14.7. The van der Waals surface area contributed by atoms with E-state index in [1.165, 1.54) is 6.07 Å². The second-order valence-corrected chi connectivity index (χ2v) is 6.94. The molecule has 0 saturated carbocycles. The quantitative estimate of drug-likeness (QED) is 0.820. The van der Waals surface area contributed by atoms with Crippen LogP contribution in [0.15, 0.2) is 23.2 Å². The van der Waals surface area contributed by atoms with Crippen LogP contribution in [-0.4, -0.2) is 63.7 Å². The van der Waals surface area contributed by atoms with Gasteiger partial charge in [-0.3, -0.25) is 4.90 Å². The molecule has 0 bridgehead atoms. The average molecular weight is 312 g/mol. The van der Waals surface area contributed by atoms with Gasteiger partial charge in [-0.2, -0.15) is 0 Å². The Kier molecular flexibility index (Phi) is 4.12. The van der Waals surface area contributed by atoms with E-state index in [4.69, 9.17) is 9.88 Å². The maximum atomic E-state index is 11.7. The molecule has 2 aliphatic heterocycles. The minimum Gasteiger partial charge on any atom is -0.380 e. The van der Waals surface area contributed by atoms with E-state index in [0.717, 1.165) is 45.8 Å². The van der Waals surface area contributed by atoms with Gasteiger partial charge < -0.3 is 9.64 Å². The van der Waals surface area contributed by atoms with Gasteiger partial charge in [0.2, 0.25) is 10.0 Å². The lowest BCUT2D eigenvalue weighted by Crippen LogP contribution is -2.51. The largest absolute Gasteiger partial charge is 0.380 e. The molecule has 2 aliphatic rings. The van der Waals surface area contributed by atoms with Crippen LogP contribution in [0.25, 0.3) is 0 Å². The number of nitrogens with zero attached hydrogens (tertiary/aromatic N) is 3. The highest BCUT2D eigenvalue weighted by atomic mass is 32.2. The summed E-state index contributed by atoms with van der Waals surface area (Å²) in [5, 5.41) is 5.27. The Morgan fingerprint density at radius 1 is 1.29 bits per heavy atom. The van der Waals surface area contributed by atoms with E-state index < -0.39 is 10.0 Å². The molecule has 1 unspecified atom stereocenters. The lowest BCUT2D eigenvalue weighted by Gasteiger charge is -2.38. The first-order valence-electron chi connectivity index (χ1n) is 7.10. The topological polar surface area (TPSA) is 88.8 Å². The molecule has 116 valence electrons.